The molecular weight excluding hydrogens is 360 g/mol. The molecule has 2 amide bonds. The summed E-state index contributed by atoms with van der Waals surface area (Å²) in [5.41, 5.74) is 0.126. The van der Waals surface area contributed by atoms with Gasteiger partial charge in [0.15, 0.2) is 11.7 Å². The Labute approximate surface area is 163 Å². The maximum Gasteiger partial charge on any atom is 0.331 e. The first kappa shape index (κ1) is 19.5. The maximum absolute atomic E-state index is 12.9. The first-order valence-electron chi connectivity index (χ1n) is 9.09. The number of terminal acetylenes is 1. The molecule has 0 bridgehead atoms. The van der Waals surface area contributed by atoms with Gasteiger partial charge in [0, 0.05) is 25.7 Å². The van der Waals surface area contributed by atoms with Gasteiger partial charge in [-0.15, -0.1) is 12.3 Å². The number of hydrogen-bond acceptors (Lipinski definition) is 6. The van der Waals surface area contributed by atoms with Crippen LogP contribution in [0, 0.1) is 12.3 Å². The number of carbonyl (C=O) groups is 3. The SMILES string of the molecule is C#CCCC1(CCC(=O)N2CC(=O)N[C@H](c3ccccc3)[C@H]2C(=O)OC)N=N1. The molecule has 0 spiro atoms. The molecule has 1 aromatic rings. The Bertz CT molecular complexity index is 824. The quantitative estimate of drug-likeness (QED) is 0.571. The van der Waals surface area contributed by atoms with E-state index in [4.69, 9.17) is 11.2 Å². The minimum absolute atomic E-state index is 0.111. The van der Waals surface area contributed by atoms with Gasteiger partial charge in [-0.05, 0) is 5.56 Å². The number of nitrogens with one attached hydrogen (secondary N) is 1. The molecule has 1 saturated heterocycles. The summed E-state index contributed by atoms with van der Waals surface area (Å²) in [6.07, 6.45) is 6.90. The van der Waals surface area contributed by atoms with Crippen molar-refractivity contribution in [2.75, 3.05) is 13.7 Å². The molecule has 2 heterocycles. The zero-order chi connectivity index (χ0) is 20.1. The molecular formula is C20H22N4O4. The van der Waals surface area contributed by atoms with Crippen LogP contribution in [0.5, 0.6) is 0 Å². The smallest absolute Gasteiger partial charge is 0.331 e. The predicted molar refractivity (Wildman–Crippen MR) is 99.7 cm³/mol. The Morgan fingerprint density at radius 3 is 2.64 bits per heavy atom. The number of amides is 2. The van der Waals surface area contributed by atoms with Gasteiger partial charge in [0.1, 0.15) is 6.54 Å². The molecule has 0 saturated carbocycles. The normalized spacial score (nSPS) is 22.1. The Morgan fingerprint density at radius 1 is 1.32 bits per heavy atom. The third-order valence-corrected chi connectivity index (χ3v) is 5.00. The van der Waals surface area contributed by atoms with E-state index in [-0.39, 0.29) is 24.8 Å². The number of ether oxygens (including phenoxy) is 1. The van der Waals surface area contributed by atoms with E-state index in [1.165, 1.54) is 12.0 Å². The van der Waals surface area contributed by atoms with Crippen LogP contribution >= 0.6 is 0 Å². The van der Waals surface area contributed by atoms with Gasteiger partial charge in [-0.2, -0.15) is 10.2 Å². The second-order valence-electron chi connectivity index (χ2n) is 6.83. The molecule has 2 aliphatic rings. The highest BCUT2D eigenvalue weighted by Gasteiger charge is 2.45. The number of nitrogens with zero attached hydrogens (tertiary/aromatic N) is 3. The number of esters is 1. The van der Waals surface area contributed by atoms with Crippen molar-refractivity contribution in [3.05, 3.63) is 35.9 Å². The fourth-order valence-corrected chi connectivity index (χ4v) is 3.40. The number of rotatable bonds is 7. The van der Waals surface area contributed by atoms with Gasteiger partial charge in [0.05, 0.1) is 13.2 Å². The highest BCUT2D eigenvalue weighted by Crippen LogP contribution is 2.38. The zero-order valence-corrected chi connectivity index (χ0v) is 15.6. The van der Waals surface area contributed by atoms with Crippen LogP contribution in [0.4, 0.5) is 0 Å². The van der Waals surface area contributed by atoms with Crippen LogP contribution in [0.3, 0.4) is 0 Å². The van der Waals surface area contributed by atoms with Gasteiger partial charge in [-0.3, -0.25) is 9.59 Å². The molecule has 0 unspecified atom stereocenters. The van der Waals surface area contributed by atoms with Crippen molar-refractivity contribution in [3.8, 4) is 12.3 Å². The molecule has 1 N–H and O–H groups in total. The van der Waals surface area contributed by atoms with Gasteiger partial charge in [0.25, 0.3) is 0 Å². The molecule has 8 heteroatoms. The second-order valence-corrected chi connectivity index (χ2v) is 6.83. The molecule has 1 fully saturated rings. The Kier molecular flexibility index (Phi) is 5.73. The second kappa shape index (κ2) is 8.21. The summed E-state index contributed by atoms with van der Waals surface area (Å²) < 4.78 is 4.92. The minimum atomic E-state index is -0.938. The van der Waals surface area contributed by atoms with E-state index in [0.29, 0.717) is 19.3 Å². The lowest BCUT2D eigenvalue weighted by molar-refractivity contribution is -0.159. The summed E-state index contributed by atoms with van der Waals surface area (Å²) in [7, 11) is 1.26. The van der Waals surface area contributed by atoms with Crippen LogP contribution in [-0.2, 0) is 19.1 Å². The van der Waals surface area contributed by atoms with Gasteiger partial charge in [-0.1, -0.05) is 30.3 Å². The summed E-state index contributed by atoms with van der Waals surface area (Å²) in [5.74, 6) is 1.32. The molecule has 2 aliphatic heterocycles. The van der Waals surface area contributed by atoms with Crippen LogP contribution in [0.25, 0.3) is 0 Å². The first-order chi connectivity index (χ1) is 13.5. The van der Waals surface area contributed by atoms with Crippen molar-refractivity contribution in [1.82, 2.24) is 10.2 Å². The molecule has 8 nitrogen and oxygen atoms in total. The molecule has 2 atom stereocenters. The Hall–Kier alpha value is -3.21. The van der Waals surface area contributed by atoms with Crippen LogP contribution in [-0.4, -0.2) is 48.0 Å². The van der Waals surface area contributed by atoms with Crippen molar-refractivity contribution in [2.45, 2.75) is 43.4 Å². The Balaban J connectivity index is 1.77. The molecule has 146 valence electrons. The third-order valence-electron chi connectivity index (χ3n) is 5.00. The highest BCUT2D eigenvalue weighted by molar-refractivity contribution is 5.92. The van der Waals surface area contributed by atoms with Gasteiger partial charge >= 0.3 is 5.97 Å². The monoisotopic (exact) mass is 382 g/mol. The third kappa shape index (κ3) is 4.19. The average molecular weight is 382 g/mol. The molecule has 1 aromatic carbocycles. The van der Waals surface area contributed by atoms with Gasteiger partial charge < -0.3 is 15.0 Å². The number of hydrogen-bond donors (Lipinski definition) is 1. The van der Waals surface area contributed by atoms with Crippen molar-refractivity contribution in [3.63, 3.8) is 0 Å². The number of methoxy groups -OCH3 is 1. The Morgan fingerprint density at radius 2 is 2.04 bits per heavy atom. The van der Waals surface area contributed by atoms with E-state index < -0.39 is 23.7 Å². The van der Waals surface area contributed by atoms with E-state index in [2.05, 4.69) is 21.5 Å². The fourth-order valence-electron chi connectivity index (χ4n) is 3.40. The van der Waals surface area contributed by atoms with E-state index >= 15 is 0 Å². The van der Waals surface area contributed by atoms with Crippen LogP contribution in [0.2, 0.25) is 0 Å². The molecule has 0 aliphatic carbocycles. The lowest BCUT2D eigenvalue weighted by Gasteiger charge is -2.39. The number of piperazine rings is 1. The minimum Gasteiger partial charge on any atom is -0.467 e. The number of carbonyl (C=O) groups excluding carboxylic acids is 3. The van der Waals surface area contributed by atoms with E-state index in [1.54, 1.807) is 12.1 Å². The van der Waals surface area contributed by atoms with E-state index in [9.17, 15) is 14.4 Å². The van der Waals surface area contributed by atoms with Gasteiger partial charge in [-0.25, -0.2) is 4.79 Å². The van der Waals surface area contributed by atoms with Crippen LogP contribution in [0.1, 0.15) is 37.3 Å². The summed E-state index contributed by atoms with van der Waals surface area (Å²) in [4.78, 5) is 39.0. The van der Waals surface area contributed by atoms with Crippen LogP contribution in [0.15, 0.2) is 40.6 Å². The number of benzene rings is 1. The van der Waals surface area contributed by atoms with Crippen molar-refractivity contribution < 1.29 is 19.1 Å². The van der Waals surface area contributed by atoms with Crippen molar-refractivity contribution >= 4 is 17.8 Å². The largest absolute Gasteiger partial charge is 0.467 e. The molecule has 0 radical (unpaired) electrons. The summed E-state index contributed by atoms with van der Waals surface area (Å²) in [5, 5.41) is 10.9. The molecule has 0 aromatic heterocycles. The lowest BCUT2D eigenvalue weighted by Crippen LogP contribution is -2.61. The highest BCUT2D eigenvalue weighted by atomic mass is 16.5. The standard InChI is InChI=1S/C20H22N4O4/c1-3-4-11-20(22-23-20)12-10-16(26)24-13-15(25)21-17(18(24)19(27)28-2)14-8-6-5-7-9-14/h1,5-9,17-18H,4,10-13H2,2H3,(H,21,25)/t17-,18+/m1/s1. The summed E-state index contributed by atoms with van der Waals surface area (Å²) >= 11 is 0. The topological polar surface area (TPSA) is 100 Å². The first-order valence-corrected chi connectivity index (χ1v) is 9.09. The average Bonchev–Trinajstić information content (AvgIpc) is 3.50. The lowest BCUT2D eigenvalue weighted by atomic mass is 9.94. The predicted octanol–water partition coefficient (Wildman–Crippen LogP) is 1.58. The fraction of sp³-hybridized carbons (Fsp3) is 0.450. The van der Waals surface area contributed by atoms with E-state index in [0.717, 1.165) is 5.56 Å². The van der Waals surface area contributed by atoms with Crippen molar-refractivity contribution in [1.29, 1.82) is 0 Å². The van der Waals surface area contributed by atoms with Crippen molar-refractivity contribution in [2.24, 2.45) is 10.2 Å². The van der Waals surface area contributed by atoms with E-state index in [1.807, 2.05) is 18.2 Å². The molecule has 28 heavy (non-hydrogen) atoms. The van der Waals surface area contributed by atoms with Crippen LogP contribution < -0.4 is 5.32 Å². The summed E-state index contributed by atoms with van der Waals surface area (Å²) in [6.45, 7) is -0.201. The summed E-state index contributed by atoms with van der Waals surface area (Å²) in [6, 6.07) is 7.43. The van der Waals surface area contributed by atoms with Gasteiger partial charge in [0.2, 0.25) is 11.8 Å². The zero-order valence-electron chi connectivity index (χ0n) is 15.6. The molecule has 3 rings (SSSR count). The maximum atomic E-state index is 12.9.